The zero-order valence-electron chi connectivity index (χ0n) is 18.2. The Bertz CT molecular complexity index is 597. The maximum absolute atomic E-state index is 6.75. The molecular formula is C23H38O4. The monoisotopic (exact) mass is 378 g/mol. The minimum Gasteiger partial charge on any atom is -0.369 e. The van der Waals surface area contributed by atoms with Crippen molar-refractivity contribution in [1.29, 1.82) is 0 Å². The molecule has 3 fully saturated rings. The van der Waals surface area contributed by atoms with E-state index in [0.29, 0.717) is 5.92 Å². The predicted octanol–water partition coefficient (Wildman–Crippen LogP) is 4.65. The van der Waals surface area contributed by atoms with Gasteiger partial charge >= 0.3 is 0 Å². The third-order valence-electron chi connectivity index (χ3n) is 7.93. The van der Waals surface area contributed by atoms with E-state index >= 15 is 0 Å². The van der Waals surface area contributed by atoms with Crippen molar-refractivity contribution in [1.82, 2.24) is 0 Å². The minimum atomic E-state index is -0.269. The Morgan fingerprint density at radius 3 is 2.33 bits per heavy atom. The summed E-state index contributed by atoms with van der Waals surface area (Å²) in [6.07, 6.45) is 8.97. The highest BCUT2D eigenvalue weighted by Gasteiger charge is 2.52. The molecule has 3 saturated heterocycles. The quantitative estimate of drug-likeness (QED) is 0.575. The molecule has 4 nitrogen and oxygen atoms in total. The van der Waals surface area contributed by atoms with Gasteiger partial charge in [-0.15, -0.1) is 0 Å². The maximum atomic E-state index is 6.75. The molecule has 0 N–H and O–H groups in total. The van der Waals surface area contributed by atoms with E-state index in [2.05, 4.69) is 60.6 Å². The van der Waals surface area contributed by atoms with Crippen molar-refractivity contribution in [2.24, 2.45) is 11.3 Å². The number of fused-ring (bicyclic) bond motifs is 3. The molecule has 27 heavy (non-hydrogen) atoms. The summed E-state index contributed by atoms with van der Waals surface area (Å²) in [5.41, 5.74) is -0.261. The van der Waals surface area contributed by atoms with Crippen LogP contribution >= 0.6 is 0 Å². The first-order valence-electron chi connectivity index (χ1n) is 10.8. The summed E-state index contributed by atoms with van der Waals surface area (Å²) in [6.45, 7) is 15.7. The topological polar surface area (TPSA) is 36.9 Å². The average molecular weight is 379 g/mol. The molecule has 0 aromatic carbocycles. The lowest BCUT2D eigenvalue weighted by Gasteiger charge is -2.55. The first-order valence-corrected chi connectivity index (χ1v) is 10.8. The van der Waals surface area contributed by atoms with E-state index in [1.165, 1.54) is 0 Å². The molecule has 0 saturated carbocycles. The average Bonchev–Trinajstić information content (AvgIpc) is 2.53. The summed E-state index contributed by atoms with van der Waals surface area (Å²) >= 11 is 0. The molecule has 4 heterocycles. The minimum absolute atomic E-state index is 0.0234. The number of hydrogen-bond donors (Lipinski definition) is 0. The van der Waals surface area contributed by atoms with Crippen LogP contribution in [-0.4, -0.2) is 47.8 Å². The van der Waals surface area contributed by atoms with Crippen LogP contribution in [0.3, 0.4) is 0 Å². The lowest BCUT2D eigenvalue weighted by atomic mass is 9.73. The smallest absolute Gasteiger partial charge is 0.102 e. The van der Waals surface area contributed by atoms with Gasteiger partial charge in [-0.25, -0.2) is 0 Å². The Morgan fingerprint density at radius 1 is 0.852 bits per heavy atom. The summed E-state index contributed by atoms with van der Waals surface area (Å²) in [4.78, 5) is 0. The van der Waals surface area contributed by atoms with Gasteiger partial charge in [0.05, 0.1) is 41.7 Å². The first-order chi connectivity index (χ1) is 12.5. The molecule has 4 rings (SSSR count). The molecule has 0 bridgehead atoms. The Balaban J connectivity index is 1.56. The molecule has 4 aliphatic heterocycles. The van der Waals surface area contributed by atoms with Gasteiger partial charge in [0.15, 0.2) is 0 Å². The van der Waals surface area contributed by atoms with Gasteiger partial charge in [0, 0.05) is 6.42 Å². The molecule has 0 aromatic rings. The largest absolute Gasteiger partial charge is 0.369 e. The van der Waals surface area contributed by atoms with E-state index < -0.39 is 0 Å². The Kier molecular flexibility index (Phi) is 4.82. The molecule has 4 aliphatic rings. The lowest BCUT2D eigenvalue weighted by Crippen LogP contribution is -2.61. The van der Waals surface area contributed by atoms with Crippen molar-refractivity contribution in [3.8, 4) is 0 Å². The number of ether oxygens (including phenoxy) is 4. The third kappa shape index (κ3) is 3.52. The molecule has 154 valence electrons. The Labute approximate surface area is 165 Å². The molecular weight excluding hydrogens is 340 g/mol. The van der Waals surface area contributed by atoms with Crippen LogP contribution in [0.1, 0.15) is 74.1 Å². The second kappa shape index (κ2) is 6.55. The van der Waals surface area contributed by atoms with Crippen molar-refractivity contribution < 1.29 is 18.9 Å². The fraction of sp³-hybridized carbons (Fsp3) is 0.913. The fourth-order valence-corrected chi connectivity index (χ4v) is 5.18. The molecule has 4 heteroatoms. The van der Waals surface area contributed by atoms with Gasteiger partial charge in [-0.1, -0.05) is 32.9 Å². The lowest BCUT2D eigenvalue weighted by molar-refractivity contribution is -0.288. The zero-order chi connectivity index (χ0) is 19.6. The fourth-order valence-electron chi connectivity index (χ4n) is 5.18. The summed E-state index contributed by atoms with van der Waals surface area (Å²) < 4.78 is 26.2. The van der Waals surface area contributed by atoms with Crippen LogP contribution in [0.25, 0.3) is 0 Å². The molecule has 0 spiro atoms. The van der Waals surface area contributed by atoms with Gasteiger partial charge in [-0.05, 0) is 58.3 Å². The predicted molar refractivity (Wildman–Crippen MR) is 106 cm³/mol. The van der Waals surface area contributed by atoms with Gasteiger partial charge in [-0.3, -0.25) is 0 Å². The van der Waals surface area contributed by atoms with Gasteiger partial charge in [0.2, 0.25) is 0 Å². The summed E-state index contributed by atoms with van der Waals surface area (Å²) in [6, 6.07) is 0. The van der Waals surface area contributed by atoms with Crippen molar-refractivity contribution in [2.75, 3.05) is 0 Å². The van der Waals surface area contributed by atoms with E-state index in [9.17, 15) is 0 Å². The van der Waals surface area contributed by atoms with Crippen LogP contribution in [-0.2, 0) is 18.9 Å². The first kappa shape index (κ1) is 19.9. The summed E-state index contributed by atoms with van der Waals surface area (Å²) in [5, 5.41) is 0. The number of rotatable bonds is 0. The van der Waals surface area contributed by atoms with Crippen molar-refractivity contribution in [2.45, 2.75) is 122 Å². The van der Waals surface area contributed by atoms with Crippen LogP contribution in [0.2, 0.25) is 0 Å². The van der Waals surface area contributed by atoms with E-state index in [0.717, 1.165) is 25.7 Å². The van der Waals surface area contributed by atoms with Crippen LogP contribution in [0.5, 0.6) is 0 Å². The standard InChI is InChI=1S/C23H38O4/c1-14-11-17-19(27-22(14,5)6)12-18-16(24-17)9-8-10-23(7)20(25-18)13-21(3,4)15(2)26-23/h8-9,14-20H,10-13H2,1-7H3/b9-8-/t14-,15-,16+,17?,18+,19-,20-,23+/m1/s1. The second-order valence-corrected chi connectivity index (χ2v) is 10.8. The van der Waals surface area contributed by atoms with Crippen molar-refractivity contribution >= 4 is 0 Å². The highest BCUT2D eigenvalue weighted by atomic mass is 16.6. The van der Waals surface area contributed by atoms with Gasteiger partial charge in [0.1, 0.15) is 6.10 Å². The normalized spacial score (nSPS) is 52.5. The summed E-state index contributed by atoms with van der Waals surface area (Å²) in [7, 11) is 0. The molecule has 0 aliphatic carbocycles. The van der Waals surface area contributed by atoms with E-state index in [1.54, 1.807) is 0 Å². The number of hydrogen-bond acceptors (Lipinski definition) is 4. The van der Waals surface area contributed by atoms with Crippen molar-refractivity contribution in [3.63, 3.8) is 0 Å². The molecule has 0 radical (unpaired) electrons. The van der Waals surface area contributed by atoms with E-state index in [1.807, 2.05) is 0 Å². The van der Waals surface area contributed by atoms with Crippen LogP contribution in [0.15, 0.2) is 12.2 Å². The Morgan fingerprint density at radius 2 is 1.59 bits per heavy atom. The van der Waals surface area contributed by atoms with E-state index in [-0.39, 0.29) is 53.2 Å². The summed E-state index contributed by atoms with van der Waals surface area (Å²) in [5.74, 6) is 0.492. The molecule has 8 atom stereocenters. The van der Waals surface area contributed by atoms with Gasteiger partial charge < -0.3 is 18.9 Å². The maximum Gasteiger partial charge on any atom is 0.102 e. The zero-order valence-corrected chi connectivity index (χ0v) is 18.2. The molecule has 0 amide bonds. The van der Waals surface area contributed by atoms with Gasteiger partial charge in [0.25, 0.3) is 0 Å². The van der Waals surface area contributed by atoms with Crippen LogP contribution in [0, 0.1) is 11.3 Å². The van der Waals surface area contributed by atoms with E-state index in [4.69, 9.17) is 18.9 Å². The second-order valence-electron chi connectivity index (χ2n) is 10.8. The molecule has 0 aromatic heterocycles. The highest BCUT2D eigenvalue weighted by molar-refractivity contribution is 5.09. The highest BCUT2D eigenvalue weighted by Crippen LogP contribution is 2.47. The van der Waals surface area contributed by atoms with Crippen LogP contribution in [0.4, 0.5) is 0 Å². The third-order valence-corrected chi connectivity index (χ3v) is 7.93. The van der Waals surface area contributed by atoms with Crippen LogP contribution < -0.4 is 0 Å². The SMILES string of the molecule is C[C@@H]1CC2O[C@H]3/C=C\C[C@]4(C)O[C@H](C)C(C)(C)C[C@H]4O[C@H]3C[C@H]2OC1(C)C. The van der Waals surface area contributed by atoms with Gasteiger partial charge in [-0.2, -0.15) is 0 Å². The van der Waals surface area contributed by atoms with Crippen molar-refractivity contribution in [3.05, 3.63) is 12.2 Å². The molecule has 1 unspecified atom stereocenters. The Hall–Kier alpha value is -0.420.